The van der Waals surface area contributed by atoms with E-state index in [0.29, 0.717) is 5.56 Å². The second kappa shape index (κ2) is 6.38. The molecular weight excluding hydrogens is 388 g/mol. The molecular formula is C15H11F6NO3S. The fourth-order valence-electron chi connectivity index (χ4n) is 1.97. The summed E-state index contributed by atoms with van der Waals surface area (Å²) >= 11 is 0. The Morgan fingerprint density at radius 3 is 1.81 bits per heavy atom. The lowest BCUT2D eigenvalue weighted by molar-refractivity contribution is -0.143. The number of alkyl halides is 6. The third kappa shape index (κ3) is 4.40. The zero-order chi connectivity index (χ0) is 19.9. The van der Waals surface area contributed by atoms with E-state index < -0.39 is 38.4 Å². The highest BCUT2D eigenvalue weighted by Crippen LogP contribution is 2.37. The fourth-order valence-corrected chi connectivity index (χ4v) is 3.09. The molecule has 4 nitrogen and oxygen atoms in total. The van der Waals surface area contributed by atoms with Gasteiger partial charge in [0.25, 0.3) is 10.0 Å². The number of sulfonamides is 1. The first kappa shape index (κ1) is 19.9. The summed E-state index contributed by atoms with van der Waals surface area (Å²) in [7, 11) is -4.77. The van der Waals surface area contributed by atoms with Gasteiger partial charge < -0.3 is 5.11 Å². The van der Waals surface area contributed by atoms with Crippen molar-refractivity contribution in [1.82, 2.24) is 0 Å². The molecule has 0 heterocycles. The van der Waals surface area contributed by atoms with Gasteiger partial charge in [-0.1, -0.05) is 6.07 Å². The van der Waals surface area contributed by atoms with E-state index in [1.165, 1.54) is 19.1 Å². The van der Waals surface area contributed by atoms with Crippen molar-refractivity contribution in [3.05, 3.63) is 53.1 Å². The molecule has 0 aromatic heterocycles. The molecule has 0 bridgehead atoms. The van der Waals surface area contributed by atoms with Crippen LogP contribution in [0, 0.1) is 6.92 Å². The number of aromatic hydroxyl groups is 1. The van der Waals surface area contributed by atoms with E-state index in [2.05, 4.69) is 0 Å². The first-order valence-electron chi connectivity index (χ1n) is 6.82. The van der Waals surface area contributed by atoms with E-state index in [9.17, 15) is 39.9 Å². The monoisotopic (exact) mass is 399 g/mol. The highest BCUT2D eigenvalue weighted by molar-refractivity contribution is 7.92. The van der Waals surface area contributed by atoms with Gasteiger partial charge in [-0.15, -0.1) is 0 Å². The molecule has 0 aliphatic carbocycles. The van der Waals surface area contributed by atoms with E-state index >= 15 is 0 Å². The maximum atomic E-state index is 12.8. The first-order chi connectivity index (χ1) is 11.7. The second-order valence-electron chi connectivity index (χ2n) is 5.35. The molecule has 0 fully saturated rings. The van der Waals surface area contributed by atoms with Gasteiger partial charge in [-0.3, -0.25) is 4.72 Å². The maximum Gasteiger partial charge on any atom is 0.416 e. The van der Waals surface area contributed by atoms with Crippen molar-refractivity contribution in [1.29, 1.82) is 0 Å². The summed E-state index contributed by atoms with van der Waals surface area (Å²) in [6.45, 7) is 1.51. The summed E-state index contributed by atoms with van der Waals surface area (Å²) in [6.07, 6.45) is -10.3. The quantitative estimate of drug-likeness (QED) is 0.745. The van der Waals surface area contributed by atoms with E-state index in [0.717, 1.165) is 6.07 Å². The topological polar surface area (TPSA) is 66.4 Å². The van der Waals surface area contributed by atoms with Crippen LogP contribution in [0.15, 0.2) is 41.3 Å². The van der Waals surface area contributed by atoms with Crippen LogP contribution in [0.25, 0.3) is 0 Å². The zero-order valence-electron chi connectivity index (χ0n) is 12.9. The van der Waals surface area contributed by atoms with Crippen LogP contribution in [0.2, 0.25) is 0 Å². The Labute approximate surface area is 144 Å². The molecule has 0 amide bonds. The molecule has 2 aromatic rings. The molecule has 0 unspecified atom stereocenters. The van der Waals surface area contributed by atoms with Gasteiger partial charge in [0.05, 0.1) is 21.7 Å². The normalized spacial score (nSPS) is 12.9. The van der Waals surface area contributed by atoms with Gasteiger partial charge in [-0.25, -0.2) is 8.42 Å². The van der Waals surface area contributed by atoms with Gasteiger partial charge in [0.15, 0.2) is 0 Å². The molecule has 0 saturated heterocycles. The van der Waals surface area contributed by atoms with Crippen molar-refractivity contribution >= 4 is 15.7 Å². The summed E-state index contributed by atoms with van der Waals surface area (Å²) < 4.78 is 103. The predicted molar refractivity (Wildman–Crippen MR) is 80.1 cm³/mol. The third-order valence-corrected chi connectivity index (χ3v) is 4.69. The number of halogens is 6. The van der Waals surface area contributed by atoms with Crippen LogP contribution in [0.4, 0.5) is 32.0 Å². The highest BCUT2D eigenvalue weighted by Gasteiger charge is 2.38. The Bertz CT molecular complexity index is 903. The Morgan fingerprint density at radius 2 is 1.38 bits per heavy atom. The Balaban J connectivity index is 2.55. The summed E-state index contributed by atoms with van der Waals surface area (Å²) in [5.74, 6) is -0.301. The van der Waals surface area contributed by atoms with Gasteiger partial charge in [-0.2, -0.15) is 26.3 Å². The van der Waals surface area contributed by atoms with E-state index in [-0.39, 0.29) is 29.6 Å². The van der Waals surface area contributed by atoms with E-state index in [1.807, 2.05) is 4.72 Å². The van der Waals surface area contributed by atoms with Crippen molar-refractivity contribution < 1.29 is 39.9 Å². The van der Waals surface area contributed by atoms with Crippen molar-refractivity contribution in [2.75, 3.05) is 4.72 Å². The van der Waals surface area contributed by atoms with Crippen LogP contribution < -0.4 is 4.72 Å². The number of phenols is 1. The molecule has 26 heavy (non-hydrogen) atoms. The summed E-state index contributed by atoms with van der Waals surface area (Å²) in [5.41, 5.74) is -3.33. The number of hydrogen-bond acceptors (Lipinski definition) is 3. The highest BCUT2D eigenvalue weighted by atomic mass is 32.2. The van der Waals surface area contributed by atoms with Crippen LogP contribution in [0.5, 0.6) is 5.75 Å². The summed E-state index contributed by atoms with van der Waals surface area (Å²) in [5, 5.41) is 9.54. The minimum absolute atomic E-state index is 0.103. The lowest BCUT2D eigenvalue weighted by Gasteiger charge is -2.15. The Hall–Kier alpha value is -2.43. The molecule has 2 rings (SSSR count). The van der Waals surface area contributed by atoms with Crippen LogP contribution >= 0.6 is 0 Å². The van der Waals surface area contributed by atoms with E-state index in [4.69, 9.17) is 0 Å². The second-order valence-corrected chi connectivity index (χ2v) is 7.03. The Morgan fingerprint density at radius 1 is 0.885 bits per heavy atom. The molecule has 0 spiro atoms. The average molecular weight is 399 g/mol. The number of anilines is 1. The molecule has 0 atom stereocenters. The number of hydrogen-bond donors (Lipinski definition) is 2. The number of aryl methyl sites for hydroxylation is 1. The fraction of sp³-hybridized carbons (Fsp3) is 0.200. The predicted octanol–water partition coefficient (Wildman–Crippen LogP) is 4.54. The average Bonchev–Trinajstić information content (AvgIpc) is 2.48. The lowest BCUT2D eigenvalue weighted by atomic mass is 10.1. The number of phenolic OH excluding ortho intramolecular Hbond substituents is 1. The number of nitrogens with one attached hydrogen (secondary N) is 1. The standard InChI is InChI=1S/C15H11F6NO3S/c1-8-2-3-11(7-13(8)23)22-26(24,25)12-5-9(14(16,17)18)4-10(6-12)15(19,20)21/h2-7,22-23H,1H3. The summed E-state index contributed by atoms with van der Waals surface area (Å²) in [4.78, 5) is -1.21. The third-order valence-electron chi connectivity index (χ3n) is 3.33. The van der Waals surface area contributed by atoms with Crippen molar-refractivity contribution in [3.8, 4) is 5.75 Å². The number of benzene rings is 2. The lowest BCUT2D eigenvalue weighted by Crippen LogP contribution is -2.17. The maximum absolute atomic E-state index is 12.8. The smallest absolute Gasteiger partial charge is 0.416 e. The molecule has 0 aliphatic heterocycles. The Kier molecular flexibility index (Phi) is 4.88. The minimum atomic E-state index is -5.17. The minimum Gasteiger partial charge on any atom is -0.508 e. The first-order valence-corrected chi connectivity index (χ1v) is 8.30. The largest absolute Gasteiger partial charge is 0.508 e. The number of rotatable bonds is 3. The molecule has 2 N–H and O–H groups in total. The molecule has 2 aromatic carbocycles. The molecule has 142 valence electrons. The molecule has 0 saturated carbocycles. The van der Waals surface area contributed by atoms with Crippen molar-refractivity contribution in [2.45, 2.75) is 24.2 Å². The van der Waals surface area contributed by atoms with Crippen molar-refractivity contribution in [2.24, 2.45) is 0 Å². The van der Waals surface area contributed by atoms with Crippen LogP contribution in [0.3, 0.4) is 0 Å². The van der Waals surface area contributed by atoms with Crippen LogP contribution in [-0.4, -0.2) is 13.5 Å². The van der Waals surface area contributed by atoms with Gasteiger partial charge in [0.1, 0.15) is 5.75 Å². The van der Waals surface area contributed by atoms with Gasteiger partial charge in [-0.05, 0) is 36.8 Å². The van der Waals surface area contributed by atoms with Crippen LogP contribution in [-0.2, 0) is 22.4 Å². The zero-order valence-corrected chi connectivity index (χ0v) is 13.7. The van der Waals surface area contributed by atoms with Gasteiger partial charge >= 0.3 is 12.4 Å². The van der Waals surface area contributed by atoms with Gasteiger partial charge in [0.2, 0.25) is 0 Å². The van der Waals surface area contributed by atoms with E-state index in [1.54, 1.807) is 0 Å². The molecule has 11 heteroatoms. The van der Waals surface area contributed by atoms with Crippen molar-refractivity contribution in [3.63, 3.8) is 0 Å². The van der Waals surface area contributed by atoms with Crippen LogP contribution in [0.1, 0.15) is 16.7 Å². The molecule has 0 aliphatic rings. The molecule has 0 radical (unpaired) electrons. The van der Waals surface area contributed by atoms with Gasteiger partial charge in [0, 0.05) is 6.07 Å². The summed E-state index contributed by atoms with van der Waals surface area (Å²) in [6, 6.07) is 3.53. The SMILES string of the molecule is Cc1ccc(NS(=O)(=O)c2cc(C(F)(F)F)cc(C(F)(F)F)c2)cc1O.